The van der Waals surface area contributed by atoms with Gasteiger partial charge < -0.3 is 11.2 Å². The normalized spacial score (nSPS) is 10.9. The predicted octanol–water partition coefficient (Wildman–Crippen LogP) is 3.48. The average Bonchev–Trinajstić information content (AvgIpc) is 3.02. The number of hydrogen-bond acceptors (Lipinski definition) is 7. The number of thioether (sulfide) groups is 1. The molecule has 0 aliphatic rings. The fraction of sp³-hybridized carbons (Fsp3) is 0.0588. The summed E-state index contributed by atoms with van der Waals surface area (Å²) >= 11 is 12.9. The second kappa shape index (κ2) is 9.45. The summed E-state index contributed by atoms with van der Waals surface area (Å²) in [4.78, 5) is 12.0. The van der Waals surface area contributed by atoms with Crippen LogP contribution in [0, 0.1) is 0 Å². The van der Waals surface area contributed by atoms with Crippen molar-refractivity contribution in [2.24, 2.45) is 5.10 Å². The molecule has 1 amide bonds. The zero-order chi connectivity index (χ0) is 19.9. The molecule has 2 aromatic carbocycles. The summed E-state index contributed by atoms with van der Waals surface area (Å²) in [6.45, 7) is 0. The quantitative estimate of drug-likeness (QED) is 0.226. The number of carbonyl (C=O) groups is 1. The Labute approximate surface area is 175 Å². The average molecular weight is 436 g/mol. The lowest BCUT2D eigenvalue weighted by Gasteiger charge is -2.05. The fourth-order valence-electron chi connectivity index (χ4n) is 2.06. The zero-order valence-corrected chi connectivity index (χ0v) is 16.7. The van der Waals surface area contributed by atoms with Gasteiger partial charge in [-0.15, -0.1) is 10.2 Å². The summed E-state index contributed by atoms with van der Waals surface area (Å²) in [6, 6.07) is 14.1. The molecule has 0 spiro atoms. The summed E-state index contributed by atoms with van der Waals surface area (Å²) in [5.41, 5.74) is 4.17. The van der Waals surface area contributed by atoms with E-state index < -0.39 is 0 Å². The van der Waals surface area contributed by atoms with E-state index in [2.05, 4.69) is 26.0 Å². The van der Waals surface area contributed by atoms with Gasteiger partial charge in [-0.1, -0.05) is 53.2 Å². The molecular weight excluding hydrogens is 421 g/mol. The minimum Gasteiger partial charge on any atom is -0.334 e. The molecule has 28 heavy (non-hydrogen) atoms. The smallest absolute Gasteiger partial charge is 0.264 e. The van der Waals surface area contributed by atoms with Crippen LogP contribution in [-0.2, 0) is 4.79 Å². The fourth-order valence-corrected chi connectivity index (χ4v) is 3.03. The lowest BCUT2D eigenvalue weighted by molar-refractivity contribution is -0.113. The first-order valence-corrected chi connectivity index (χ1v) is 9.69. The van der Waals surface area contributed by atoms with Gasteiger partial charge in [0.1, 0.15) is 0 Å². The van der Waals surface area contributed by atoms with Crippen LogP contribution in [0.5, 0.6) is 0 Å². The number of nitrogen functional groups attached to an aromatic ring is 1. The first-order chi connectivity index (χ1) is 13.5. The van der Waals surface area contributed by atoms with Gasteiger partial charge >= 0.3 is 0 Å². The number of hydrazone groups is 1. The number of carbonyl (C=O) groups excluding carboxylic acids is 1. The molecule has 0 fully saturated rings. The van der Waals surface area contributed by atoms with E-state index >= 15 is 0 Å². The predicted molar refractivity (Wildman–Crippen MR) is 114 cm³/mol. The Morgan fingerprint density at radius 3 is 2.71 bits per heavy atom. The summed E-state index contributed by atoms with van der Waals surface area (Å²) in [5.74, 6) is 6.06. The molecule has 0 bridgehead atoms. The van der Waals surface area contributed by atoms with Gasteiger partial charge in [0.25, 0.3) is 5.95 Å². The first-order valence-electron chi connectivity index (χ1n) is 7.94. The van der Waals surface area contributed by atoms with Gasteiger partial charge in [-0.05, 0) is 35.9 Å². The van der Waals surface area contributed by atoms with Crippen molar-refractivity contribution in [3.63, 3.8) is 0 Å². The molecule has 0 aliphatic heterocycles. The van der Waals surface area contributed by atoms with Crippen molar-refractivity contribution in [2.45, 2.75) is 5.16 Å². The number of aromatic nitrogens is 3. The molecule has 11 heteroatoms. The highest BCUT2D eigenvalue weighted by atomic mass is 35.5. The number of amides is 1. The van der Waals surface area contributed by atoms with E-state index in [0.717, 1.165) is 17.3 Å². The van der Waals surface area contributed by atoms with Gasteiger partial charge in [0.15, 0.2) is 0 Å². The Morgan fingerprint density at radius 2 is 1.96 bits per heavy atom. The number of nitrogens with two attached hydrogens (primary N) is 1. The van der Waals surface area contributed by atoms with Gasteiger partial charge in [-0.3, -0.25) is 4.79 Å². The molecule has 8 nitrogen and oxygen atoms in total. The maximum absolute atomic E-state index is 12.0. The summed E-state index contributed by atoms with van der Waals surface area (Å²) in [6.07, 6.45) is 1.59. The van der Waals surface area contributed by atoms with Gasteiger partial charge in [0, 0.05) is 15.7 Å². The molecule has 144 valence electrons. The third kappa shape index (κ3) is 5.62. The van der Waals surface area contributed by atoms with Crippen LogP contribution in [0.2, 0.25) is 10.0 Å². The van der Waals surface area contributed by atoms with Crippen LogP contribution in [-0.4, -0.2) is 32.7 Å². The van der Waals surface area contributed by atoms with Crippen LogP contribution in [0.25, 0.3) is 0 Å². The van der Waals surface area contributed by atoms with E-state index in [-0.39, 0.29) is 17.6 Å². The number of nitrogens with zero attached hydrogens (tertiary/aromatic N) is 4. The Kier molecular flexibility index (Phi) is 6.75. The largest absolute Gasteiger partial charge is 0.334 e. The maximum Gasteiger partial charge on any atom is 0.264 e. The third-order valence-corrected chi connectivity index (χ3v) is 4.78. The highest BCUT2D eigenvalue weighted by molar-refractivity contribution is 7.99. The Balaban J connectivity index is 1.52. The number of rotatable bonds is 7. The minimum atomic E-state index is -0.217. The first kappa shape index (κ1) is 20.0. The number of hydrogen-bond donors (Lipinski definition) is 3. The monoisotopic (exact) mass is 435 g/mol. The summed E-state index contributed by atoms with van der Waals surface area (Å²) in [5, 5.41) is 16.2. The number of benzene rings is 2. The van der Waals surface area contributed by atoms with Crippen LogP contribution >= 0.6 is 35.0 Å². The van der Waals surface area contributed by atoms with Crippen LogP contribution in [0.3, 0.4) is 0 Å². The molecule has 0 radical (unpaired) electrons. The van der Waals surface area contributed by atoms with Crippen molar-refractivity contribution in [1.82, 2.24) is 14.9 Å². The molecule has 3 aromatic rings. The molecule has 1 aromatic heterocycles. The van der Waals surface area contributed by atoms with Crippen molar-refractivity contribution < 1.29 is 4.79 Å². The van der Waals surface area contributed by atoms with Crippen molar-refractivity contribution in [1.29, 1.82) is 0 Å². The van der Waals surface area contributed by atoms with Gasteiger partial charge in [0.05, 0.1) is 12.0 Å². The summed E-state index contributed by atoms with van der Waals surface area (Å²) in [7, 11) is 0. The van der Waals surface area contributed by atoms with Crippen LogP contribution in [0.15, 0.2) is 58.8 Å². The van der Waals surface area contributed by atoms with E-state index in [4.69, 9.17) is 29.0 Å². The number of anilines is 2. The van der Waals surface area contributed by atoms with Gasteiger partial charge in [-0.25, -0.2) is 10.1 Å². The Morgan fingerprint density at radius 1 is 1.18 bits per heavy atom. The highest BCUT2D eigenvalue weighted by Gasteiger charge is 2.12. The molecule has 0 atom stereocenters. The molecular formula is C17H15Cl2N7OS. The lowest BCUT2D eigenvalue weighted by Crippen LogP contribution is -2.16. The minimum absolute atomic E-state index is 0.107. The number of halogens is 2. The van der Waals surface area contributed by atoms with Crippen LogP contribution < -0.4 is 16.6 Å². The Hall–Kier alpha value is -2.75. The van der Waals surface area contributed by atoms with Crippen molar-refractivity contribution in [3.8, 4) is 0 Å². The topological polar surface area (TPSA) is 110 Å². The van der Waals surface area contributed by atoms with Crippen LogP contribution in [0.1, 0.15) is 5.56 Å². The standard InChI is InChI=1S/C17H15Cl2N7OS/c18-12-6-4-11(5-7-12)9-21-23-16-24-25-17(26(16)20)28-10-15(27)22-14-3-1-2-13(19)8-14/h1-9H,10,20H2,(H,22,27)(H,23,24)/b21-9+. The van der Waals surface area contributed by atoms with E-state index in [9.17, 15) is 4.79 Å². The molecule has 4 N–H and O–H groups in total. The molecule has 1 heterocycles. The molecule has 0 unspecified atom stereocenters. The van der Waals surface area contributed by atoms with Gasteiger partial charge in [0.2, 0.25) is 11.1 Å². The molecule has 0 saturated carbocycles. The van der Waals surface area contributed by atoms with Gasteiger partial charge in [-0.2, -0.15) is 5.10 Å². The summed E-state index contributed by atoms with van der Waals surface area (Å²) < 4.78 is 1.22. The number of nitrogens with one attached hydrogen (secondary N) is 2. The van der Waals surface area contributed by atoms with Crippen molar-refractivity contribution in [2.75, 3.05) is 22.3 Å². The lowest BCUT2D eigenvalue weighted by atomic mass is 10.2. The maximum atomic E-state index is 12.0. The second-order valence-corrected chi connectivity index (χ2v) is 7.26. The van der Waals surface area contributed by atoms with Crippen LogP contribution in [0.4, 0.5) is 11.6 Å². The second-order valence-electron chi connectivity index (χ2n) is 5.44. The molecule has 0 saturated heterocycles. The highest BCUT2D eigenvalue weighted by Crippen LogP contribution is 2.18. The van der Waals surface area contributed by atoms with Crippen molar-refractivity contribution in [3.05, 3.63) is 64.1 Å². The molecule has 0 aliphatic carbocycles. The molecule has 3 rings (SSSR count). The van der Waals surface area contributed by atoms with E-state index in [1.165, 1.54) is 4.68 Å². The SMILES string of the molecule is Nn1c(N/N=C/c2ccc(Cl)cc2)nnc1SCC(=O)Nc1cccc(Cl)c1. The van der Waals surface area contributed by atoms with Crippen molar-refractivity contribution >= 4 is 58.7 Å². The Bertz CT molecular complexity index is 991. The van der Waals surface area contributed by atoms with E-state index in [1.807, 2.05) is 12.1 Å². The van der Waals surface area contributed by atoms with E-state index in [1.54, 1.807) is 42.6 Å². The zero-order valence-electron chi connectivity index (χ0n) is 14.3. The third-order valence-electron chi connectivity index (χ3n) is 3.35. The van der Waals surface area contributed by atoms with E-state index in [0.29, 0.717) is 20.9 Å².